The second kappa shape index (κ2) is 9.25. The van der Waals surface area contributed by atoms with E-state index in [1.165, 1.54) is 0 Å². The van der Waals surface area contributed by atoms with E-state index in [-0.39, 0.29) is 0 Å². The van der Waals surface area contributed by atoms with Crippen LogP contribution in [0.4, 0.5) is 0 Å². The quantitative estimate of drug-likeness (QED) is 0.526. The third kappa shape index (κ3) is 5.24. The summed E-state index contributed by atoms with van der Waals surface area (Å²) < 4.78 is 11.3. The molecule has 0 heterocycles. The summed E-state index contributed by atoms with van der Waals surface area (Å²) in [6.45, 7) is 0.349. The van der Waals surface area contributed by atoms with Crippen LogP contribution in [0.5, 0.6) is 5.75 Å². The maximum absolute atomic E-state index is 10.9. The predicted molar refractivity (Wildman–Crippen MR) is 108 cm³/mol. The molecular weight excluding hydrogens is 383 g/mol. The number of methoxy groups -OCH3 is 1. The average Bonchev–Trinajstić information content (AvgIpc) is 2.70. The van der Waals surface area contributed by atoms with Crippen LogP contribution in [-0.2, 0) is 11.3 Å². The number of aliphatic hydroxyl groups is 1. The molecular formula is C22H20Cl2O3. The maximum atomic E-state index is 10.9. The second-order valence-electron chi connectivity index (χ2n) is 6.13. The van der Waals surface area contributed by atoms with Crippen LogP contribution in [0, 0.1) is 0 Å². The Bertz CT molecular complexity index is 846. The van der Waals surface area contributed by atoms with Gasteiger partial charge in [-0.2, -0.15) is 0 Å². The summed E-state index contributed by atoms with van der Waals surface area (Å²) in [4.78, 5) is 0. The molecule has 3 aromatic rings. The fraction of sp³-hybridized carbons (Fsp3) is 0.182. The molecule has 5 heteroatoms. The first-order chi connectivity index (χ1) is 13.1. The van der Waals surface area contributed by atoms with Crippen molar-refractivity contribution in [1.29, 1.82) is 0 Å². The number of hydrogen-bond acceptors (Lipinski definition) is 3. The Labute approximate surface area is 169 Å². The van der Waals surface area contributed by atoms with E-state index in [9.17, 15) is 5.11 Å². The van der Waals surface area contributed by atoms with Crippen molar-refractivity contribution in [2.75, 3.05) is 7.11 Å². The zero-order valence-electron chi connectivity index (χ0n) is 14.8. The first-order valence-corrected chi connectivity index (χ1v) is 9.26. The van der Waals surface area contributed by atoms with Crippen molar-refractivity contribution in [3.63, 3.8) is 0 Å². The van der Waals surface area contributed by atoms with Gasteiger partial charge >= 0.3 is 0 Å². The maximum Gasteiger partial charge on any atom is 0.118 e. The molecule has 0 fully saturated rings. The molecule has 0 aliphatic rings. The highest BCUT2D eigenvalue weighted by Gasteiger charge is 2.24. The van der Waals surface area contributed by atoms with Crippen molar-refractivity contribution < 1.29 is 14.6 Å². The summed E-state index contributed by atoms with van der Waals surface area (Å²) in [5.41, 5.74) is 2.56. The Hall–Kier alpha value is -2.04. The van der Waals surface area contributed by atoms with E-state index in [4.69, 9.17) is 32.7 Å². The molecule has 0 amide bonds. The lowest BCUT2D eigenvalue weighted by molar-refractivity contribution is -0.0497. The van der Waals surface area contributed by atoms with Gasteiger partial charge in [-0.15, -0.1) is 0 Å². The molecule has 0 saturated carbocycles. The van der Waals surface area contributed by atoms with E-state index < -0.39 is 12.2 Å². The van der Waals surface area contributed by atoms with Gasteiger partial charge in [0.1, 0.15) is 18.0 Å². The number of benzene rings is 3. The van der Waals surface area contributed by atoms with Gasteiger partial charge in [-0.3, -0.25) is 0 Å². The lowest BCUT2D eigenvalue weighted by Crippen LogP contribution is -2.14. The van der Waals surface area contributed by atoms with E-state index in [2.05, 4.69) is 0 Å². The molecule has 27 heavy (non-hydrogen) atoms. The molecule has 1 N–H and O–H groups in total. The smallest absolute Gasteiger partial charge is 0.118 e. The van der Waals surface area contributed by atoms with E-state index >= 15 is 0 Å². The molecule has 0 bridgehead atoms. The summed E-state index contributed by atoms with van der Waals surface area (Å²) in [5, 5.41) is 12.2. The van der Waals surface area contributed by atoms with Crippen LogP contribution in [0.3, 0.4) is 0 Å². The van der Waals surface area contributed by atoms with Gasteiger partial charge in [0.25, 0.3) is 0 Å². The molecule has 0 aromatic heterocycles. The lowest BCUT2D eigenvalue weighted by atomic mass is 9.98. The molecule has 0 saturated heterocycles. The highest BCUT2D eigenvalue weighted by atomic mass is 35.5. The number of halogens is 2. The Morgan fingerprint density at radius 2 is 1.30 bits per heavy atom. The van der Waals surface area contributed by atoms with E-state index in [0.29, 0.717) is 16.7 Å². The Kier molecular flexibility index (Phi) is 6.75. The minimum atomic E-state index is -0.846. The molecule has 2 atom stereocenters. The minimum Gasteiger partial charge on any atom is -0.497 e. The lowest BCUT2D eigenvalue weighted by Gasteiger charge is -2.24. The van der Waals surface area contributed by atoms with Crippen molar-refractivity contribution in [3.05, 3.63) is 99.5 Å². The van der Waals surface area contributed by atoms with Gasteiger partial charge in [-0.25, -0.2) is 0 Å². The number of rotatable bonds is 7. The zero-order chi connectivity index (χ0) is 19.2. The van der Waals surface area contributed by atoms with Crippen molar-refractivity contribution in [2.45, 2.75) is 18.8 Å². The second-order valence-corrected chi connectivity index (χ2v) is 7.00. The van der Waals surface area contributed by atoms with Crippen molar-refractivity contribution in [2.24, 2.45) is 0 Å². The van der Waals surface area contributed by atoms with Gasteiger partial charge in [-0.05, 0) is 53.1 Å². The fourth-order valence-electron chi connectivity index (χ4n) is 2.76. The third-order valence-electron chi connectivity index (χ3n) is 4.29. The Morgan fingerprint density at radius 3 is 1.81 bits per heavy atom. The van der Waals surface area contributed by atoms with Crippen molar-refractivity contribution in [3.8, 4) is 5.75 Å². The zero-order valence-corrected chi connectivity index (χ0v) is 16.3. The van der Waals surface area contributed by atoms with Gasteiger partial charge < -0.3 is 14.6 Å². The molecule has 3 aromatic carbocycles. The number of ether oxygens (including phenoxy) is 2. The van der Waals surface area contributed by atoms with Crippen molar-refractivity contribution in [1.82, 2.24) is 0 Å². The van der Waals surface area contributed by atoms with Crippen LogP contribution < -0.4 is 4.74 Å². The topological polar surface area (TPSA) is 38.7 Å². The Morgan fingerprint density at radius 1 is 0.778 bits per heavy atom. The molecule has 0 radical (unpaired) electrons. The SMILES string of the molecule is COc1ccc(CO[C@H](c2ccc(Cl)cc2)[C@H](O)c2ccc(Cl)cc2)cc1. The third-order valence-corrected chi connectivity index (χ3v) is 4.79. The number of aliphatic hydroxyl groups excluding tert-OH is 1. The van der Waals surface area contributed by atoms with E-state index in [1.54, 1.807) is 43.5 Å². The molecule has 0 unspecified atom stereocenters. The van der Waals surface area contributed by atoms with Crippen LogP contribution in [0.2, 0.25) is 10.0 Å². The monoisotopic (exact) mass is 402 g/mol. The van der Waals surface area contributed by atoms with E-state index in [1.807, 2.05) is 36.4 Å². The summed E-state index contributed by atoms with van der Waals surface area (Å²) in [6, 6.07) is 22.0. The fourth-order valence-corrected chi connectivity index (χ4v) is 3.02. The molecule has 0 aliphatic carbocycles. The van der Waals surface area contributed by atoms with Crippen LogP contribution in [0.25, 0.3) is 0 Å². The summed E-state index contributed by atoms with van der Waals surface area (Å²) >= 11 is 12.0. The van der Waals surface area contributed by atoms with Crippen LogP contribution in [-0.4, -0.2) is 12.2 Å². The standard InChI is InChI=1S/C22H20Cl2O3/c1-26-20-12-2-15(3-13-20)14-27-22(17-6-10-19(24)11-7-17)21(25)16-4-8-18(23)9-5-16/h2-13,21-22,25H,14H2,1H3/t21-,22-/m1/s1. The first-order valence-electron chi connectivity index (χ1n) is 8.50. The van der Waals surface area contributed by atoms with Crippen LogP contribution in [0.1, 0.15) is 28.9 Å². The predicted octanol–water partition coefficient (Wildman–Crippen LogP) is 5.99. The molecule has 3 nitrogen and oxygen atoms in total. The molecule has 3 rings (SSSR count). The Balaban J connectivity index is 1.82. The molecule has 0 aliphatic heterocycles. The first kappa shape index (κ1) is 19.7. The summed E-state index contributed by atoms with van der Waals surface area (Å²) in [7, 11) is 1.63. The van der Waals surface area contributed by atoms with E-state index in [0.717, 1.165) is 22.4 Å². The van der Waals surface area contributed by atoms with Gasteiger partial charge in [0.2, 0.25) is 0 Å². The largest absolute Gasteiger partial charge is 0.497 e. The average molecular weight is 403 g/mol. The number of hydrogen-bond donors (Lipinski definition) is 1. The molecule has 140 valence electrons. The highest BCUT2D eigenvalue weighted by molar-refractivity contribution is 6.30. The van der Waals surface area contributed by atoms with Crippen molar-refractivity contribution >= 4 is 23.2 Å². The normalized spacial score (nSPS) is 13.2. The van der Waals surface area contributed by atoms with Crippen LogP contribution >= 0.6 is 23.2 Å². The van der Waals surface area contributed by atoms with Gasteiger partial charge in [0, 0.05) is 10.0 Å². The van der Waals surface area contributed by atoms with Gasteiger partial charge in [0.05, 0.1) is 13.7 Å². The van der Waals surface area contributed by atoms with Crippen LogP contribution in [0.15, 0.2) is 72.8 Å². The molecule has 0 spiro atoms. The minimum absolute atomic E-state index is 0.349. The van der Waals surface area contributed by atoms with Gasteiger partial charge in [-0.1, -0.05) is 59.6 Å². The summed E-state index contributed by atoms with van der Waals surface area (Å²) in [5.74, 6) is 0.786. The highest BCUT2D eigenvalue weighted by Crippen LogP contribution is 2.34. The van der Waals surface area contributed by atoms with Gasteiger partial charge in [0.15, 0.2) is 0 Å². The summed E-state index contributed by atoms with van der Waals surface area (Å²) in [6.07, 6.45) is -1.40.